The molecule has 7 heteroatoms. The number of methoxy groups -OCH3 is 1. The number of nitrogens with one attached hydrogen (secondary N) is 1. The van der Waals surface area contributed by atoms with Crippen molar-refractivity contribution in [3.8, 4) is 17.2 Å². The molecule has 2 aromatic rings. The lowest BCUT2D eigenvalue weighted by Gasteiger charge is -2.25. The van der Waals surface area contributed by atoms with Crippen molar-refractivity contribution >= 4 is 11.9 Å². The molecule has 1 unspecified atom stereocenters. The lowest BCUT2D eigenvalue weighted by Crippen LogP contribution is -2.39. The maximum absolute atomic E-state index is 12.3. The molecule has 2 N–H and O–H groups in total. The van der Waals surface area contributed by atoms with E-state index in [0.717, 1.165) is 0 Å². The molecule has 2 rings (SSSR count). The number of ether oxygens (including phenoxy) is 3. The fourth-order valence-electron chi connectivity index (χ4n) is 2.53. The van der Waals surface area contributed by atoms with E-state index in [4.69, 9.17) is 14.2 Å². The van der Waals surface area contributed by atoms with Crippen LogP contribution in [0.2, 0.25) is 0 Å². The molecule has 0 bridgehead atoms. The Bertz CT molecular complexity index is 855. The van der Waals surface area contributed by atoms with Crippen LogP contribution in [0.5, 0.6) is 17.2 Å². The highest BCUT2D eigenvalue weighted by Crippen LogP contribution is 2.31. The van der Waals surface area contributed by atoms with Crippen molar-refractivity contribution in [1.82, 2.24) is 5.32 Å². The minimum atomic E-state index is -0.610. The Morgan fingerprint density at radius 3 is 2.28 bits per heavy atom. The predicted octanol–water partition coefficient (Wildman–Crippen LogP) is 3.61. The van der Waals surface area contributed by atoms with E-state index in [1.54, 1.807) is 30.3 Å². The second kappa shape index (κ2) is 9.43. The summed E-state index contributed by atoms with van der Waals surface area (Å²) in [5.74, 6) is -0.631. The van der Waals surface area contributed by atoms with Crippen molar-refractivity contribution in [2.75, 3.05) is 13.7 Å². The van der Waals surface area contributed by atoms with Crippen molar-refractivity contribution in [3.63, 3.8) is 0 Å². The third kappa shape index (κ3) is 6.80. The van der Waals surface area contributed by atoms with Crippen molar-refractivity contribution in [2.24, 2.45) is 0 Å². The molecule has 0 aromatic heterocycles. The zero-order chi connectivity index (χ0) is 21.6. The first-order valence-corrected chi connectivity index (χ1v) is 9.20. The molecule has 1 atom stereocenters. The maximum atomic E-state index is 12.3. The summed E-state index contributed by atoms with van der Waals surface area (Å²) in [4.78, 5) is 23.8. The molecular weight excluding hydrogens is 374 g/mol. The first kappa shape index (κ1) is 22.2. The van der Waals surface area contributed by atoms with Crippen LogP contribution in [0.15, 0.2) is 42.5 Å². The van der Waals surface area contributed by atoms with E-state index in [9.17, 15) is 14.7 Å². The number of phenolic OH excluding ortho intramolecular Hbond substituents is 1. The molecule has 7 nitrogen and oxygen atoms in total. The number of hydrogen-bond acceptors (Lipinski definition) is 7. The topological polar surface area (TPSA) is 94.1 Å². The first-order valence-electron chi connectivity index (χ1n) is 9.20. The van der Waals surface area contributed by atoms with Crippen LogP contribution in [0.3, 0.4) is 0 Å². The van der Waals surface area contributed by atoms with Gasteiger partial charge in [0.15, 0.2) is 11.5 Å². The standard InChI is InChI=1S/C22H27NO6/c1-14(24)28-20(13-23-22(2,3)4)16-8-11-19(18(25)12-16)29-21(26)15-6-9-17(27-5)10-7-15/h6-12,20,23,25H,13H2,1-5H3. The lowest BCUT2D eigenvalue weighted by molar-refractivity contribution is -0.146. The number of aromatic hydroxyl groups is 1. The summed E-state index contributed by atoms with van der Waals surface area (Å²) in [6.07, 6.45) is -0.594. The van der Waals surface area contributed by atoms with E-state index < -0.39 is 18.0 Å². The smallest absolute Gasteiger partial charge is 0.343 e. The number of esters is 2. The molecule has 0 spiro atoms. The Balaban J connectivity index is 2.15. The van der Waals surface area contributed by atoms with Crippen LogP contribution in [0, 0.1) is 0 Å². The van der Waals surface area contributed by atoms with Gasteiger partial charge >= 0.3 is 11.9 Å². The van der Waals surface area contributed by atoms with Gasteiger partial charge in [-0.1, -0.05) is 6.07 Å². The van der Waals surface area contributed by atoms with Crippen molar-refractivity contribution in [1.29, 1.82) is 0 Å². The molecule has 0 aliphatic heterocycles. The largest absolute Gasteiger partial charge is 0.504 e. The first-order chi connectivity index (χ1) is 13.6. The summed E-state index contributed by atoms with van der Waals surface area (Å²) in [5.41, 5.74) is 0.731. The highest BCUT2D eigenvalue weighted by molar-refractivity contribution is 5.91. The average molecular weight is 401 g/mol. The Morgan fingerprint density at radius 1 is 1.10 bits per heavy atom. The number of hydrogen-bond donors (Lipinski definition) is 2. The Kier molecular flexibility index (Phi) is 7.23. The van der Waals surface area contributed by atoms with Crippen LogP contribution in [-0.4, -0.2) is 36.2 Å². The molecule has 0 saturated carbocycles. The molecule has 0 radical (unpaired) electrons. The fraction of sp³-hybridized carbons (Fsp3) is 0.364. The summed E-state index contributed by atoms with van der Waals surface area (Å²) in [5, 5.41) is 13.6. The summed E-state index contributed by atoms with van der Waals surface area (Å²) < 4.78 is 15.7. The summed E-state index contributed by atoms with van der Waals surface area (Å²) >= 11 is 0. The summed E-state index contributed by atoms with van der Waals surface area (Å²) in [6, 6.07) is 11.0. The van der Waals surface area contributed by atoms with Crippen molar-refractivity contribution in [2.45, 2.75) is 39.3 Å². The molecule has 0 saturated heterocycles. The van der Waals surface area contributed by atoms with E-state index in [1.807, 2.05) is 20.8 Å². The minimum Gasteiger partial charge on any atom is -0.504 e. The second-order valence-electron chi connectivity index (χ2n) is 7.57. The van der Waals surface area contributed by atoms with Gasteiger partial charge in [0.25, 0.3) is 0 Å². The highest BCUT2D eigenvalue weighted by atomic mass is 16.5. The van der Waals surface area contributed by atoms with Crippen LogP contribution in [-0.2, 0) is 9.53 Å². The fourth-order valence-corrected chi connectivity index (χ4v) is 2.53. The predicted molar refractivity (Wildman–Crippen MR) is 108 cm³/mol. The van der Waals surface area contributed by atoms with Crippen LogP contribution >= 0.6 is 0 Å². The summed E-state index contributed by atoms with van der Waals surface area (Å²) in [6.45, 7) is 7.69. The normalized spacial score (nSPS) is 12.2. The molecule has 0 aliphatic rings. The Hall–Kier alpha value is -3.06. The van der Waals surface area contributed by atoms with Crippen LogP contribution in [0.25, 0.3) is 0 Å². The quantitative estimate of drug-likeness (QED) is 0.541. The molecule has 156 valence electrons. The van der Waals surface area contributed by atoms with Crippen molar-refractivity contribution < 1.29 is 28.9 Å². The number of phenols is 1. The zero-order valence-electron chi connectivity index (χ0n) is 17.3. The SMILES string of the molecule is COc1ccc(C(=O)Oc2ccc(C(CNC(C)(C)C)OC(C)=O)cc2O)cc1. The molecule has 0 fully saturated rings. The van der Waals surface area contributed by atoms with Gasteiger partial charge in [0.05, 0.1) is 12.7 Å². The van der Waals surface area contributed by atoms with Gasteiger partial charge < -0.3 is 24.6 Å². The Labute approximate surface area is 170 Å². The molecule has 0 amide bonds. The maximum Gasteiger partial charge on any atom is 0.343 e. The van der Waals surface area contributed by atoms with Gasteiger partial charge in [-0.25, -0.2) is 4.79 Å². The van der Waals surface area contributed by atoms with Gasteiger partial charge in [0.2, 0.25) is 0 Å². The molecular formula is C22H27NO6. The van der Waals surface area contributed by atoms with Crippen molar-refractivity contribution in [3.05, 3.63) is 53.6 Å². The molecule has 0 heterocycles. The van der Waals surface area contributed by atoms with Gasteiger partial charge in [-0.05, 0) is 62.7 Å². The zero-order valence-corrected chi connectivity index (χ0v) is 17.3. The molecule has 2 aromatic carbocycles. The third-order valence-corrected chi connectivity index (χ3v) is 4.01. The summed E-state index contributed by atoms with van der Waals surface area (Å²) in [7, 11) is 1.53. The van der Waals surface area contributed by atoms with Gasteiger partial charge in [0.1, 0.15) is 11.9 Å². The molecule has 0 aliphatic carbocycles. The van der Waals surface area contributed by atoms with Crippen LogP contribution in [0.4, 0.5) is 0 Å². The van der Waals surface area contributed by atoms with Gasteiger partial charge in [-0.2, -0.15) is 0 Å². The van der Waals surface area contributed by atoms with E-state index in [2.05, 4.69) is 5.32 Å². The monoisotopic (exact) mass is 401 g/mol. The highest BCUT2D eigenvalue weighted by Gasteiger charge is 2.20. The average Bonchev–Trinajstić information content (AvgIpc) is 2.65. The number of rotatable bonds is 7. The van der Waals surface area contributed by atoms with Crippen LogP contribution < -0.4 is 14.8 Å². The van der Waals surface area contributed by atoms with Gasteiger partial charge in [-0.3, -0.25) is 4.79 Å². The van der Waals surface area contributed by atoms with Crippen LogP contribution in [0.1, 0.15) is 49.7 Å². The number of carbonyl (C=O) groups is 2. The van der Waals surface area contributed by atoms with E-state index in [-0.39, 0.29) is 17.0 Å². The molecule has 29 heavy (non-hydrogen) atoms. The van der Waals surface area contributed by atoms with E-state index >= 15 is 0 Å². The van der Waals surface area contributed by atoms with Gasteiger partial charge in [-0.15, -0.1) is 0 Å². The second-order valence-corrected chi connectivity index (χ2v) is 7.57. The van der Waals surface area contributed by atoms with E-state index in [0.29, 0.717) is 23.4 Å². The Morgan fingerprint density at radius 2 is 1.76 bits per heavy atom. The lowest BCUT2D eigenvalue weighted by atomic mass is 10.1. The van der Waals surface area contributed by atoms with Gasteiger partial charge in [0, 0.05) is 19.0 Å². The minimum absolute atomic E-state index is 0.0138. The number of carbonyl (C=O) groups excluding carboxylic acids is 2. The third-order valence-electron chi connectivity index (χ3n) is 4.01. The number of benzene rings is 2. The van der Waals surface area contributed by atoms with E-state index in [1.165, 1.54) is 26.2 Å².